The van der Waals surface area contributed by atoms with Gasteiger partial charge in [-0.1, -0.05) is 36.5 Å². The first-order chi connectivity index (χ1) is 16.6. The molecule has 0 amide bonds. The number of hydrogen-bond acceptors (Lipinski definition) is 12. The van der Waals surface area contributed by atoms with Crippen LogP contribution in [0.4, 0.5) is 0 Å². The van der Waals surface area contributed by atoms with Crippen LogP contribution in [0, 0.1) is 0 Å². The van der Waals surface area contributed by atoms with E-state index in [1.165, 1.54) is 36.5 Å². The van der Waals surface area contributed by atoms with Crippen molar-refractivity contribution in [1.29, 1.82) is 0 Å². The average Bonchev–Trinajstić information content (AvgIpc) is 2.69. The van der Waals surface area contributed by atoms with Crippen molar-refractivity contribution in [2.24, 2.45) is 0 Å². The Morgan fingerprint density at radius 3 is 0.341 bits per heavy atom. The van der Waals surface area contributed by atoms with Crippen molar-refractivity contribution in [2.75, 3.05) is 0 Å². The normalized spacial score (nSPS) is 9.95. The minimum atomic E-state index is -1.28. The van der Waals surface area contributed by atoms with E-state index in [4.69, 9.17) is 61.3 Å². The zero-order valence-electron chi connectivity index (χ0n) is 25.1. The Morgan fingerprint density at radius 2 is 0.341 bits per heavy atom. The number of allylic oxidation sites excluding steroid dienone is 6. The molecular formula is C24H50O13Zn4. The fourth-order valence-electron chi connectivity index (χ4n) is 1.03. The van der Waals surface area contributed by atoms with Gasteiger partial charge in [-0.25, -0.2) is 0 Å². The summed E-state index contributed by atoms with van der Waals surface area (Å²) < 4.78 is 0. The van der Waals surface area contributed by atoms with E-state index in [9.17, 15) is 0 Å². The van der Waals surface area contributed by atoms with Crippen LogP contribution >= 0.6 is 0 Å². The van der Waals surface area contributed by atoms with Gasteiger partial charge in [0.25, 0.3) is 0 Å². The molecule has 0 radical (unpaired) electrons. The van der Waals surface area contributed by atoms with Gasteiger partial charge in [-0.15, -0.1) is 0 Å². The van der Waals surface area contributed by atoms with Crippen LogP contribution in [0.2, 0.25) is 0 Å². The maximum atomic E-state index is 8.02. The molecule has 0 fully saturated rings. The van der Waals surface area contributed by atoms with Gasteiger partial charge >= 0.3 is 0 Å². The maximum absolute atomic E-state index is 8.02. The fraction of sp³-hybridized carbons (Fsp3) is 0.500. The van der Waals surface area contributed by atoms with E-state index in [0.29, 0.717) is 0 Å². The number of aliphatic hydroxyl groups is 12. The molecule has 0 aromatic heterocycles. The molecule has 0 aromatic rings. The third-order valence-electron chi connectivity index (χ3n) is 2.19. The van der Waals surface area contributed by atoms with Crippen LogP contribution in [0.25, 0.3) is 0 Å². The van der Waals surface area contributed by atoms with Gasteiger partial charge in [0.1, 0.15) is 0 Å². The average molecular weight is 808 g/mol. The summed E-state index contributed by atoms with van der Waals surface area (Å²) in [6.07, 6.45) is 9.42. The molecule has 0 aliphatic rings. The first-order valence-electron chi connectivity index (χ1n) is 10.6. The van der Waals surface area contributed by atoms with Crippen molar-refractivity contribution >= 4 is 0 Å². The first kappa shape index (κ1) is 73.1. The van der Waals surface area contributed by atoms with Gasteiger partial charge in [-0.2, -0.15) is 0 Å². The van der Waals surface area contributed by atoms with Gasteiger partial charge in [0, 0.05) is 77.9 Å². The number of rotatable bonds is 6. The minimum Gasteiger partial charge on any atom is -0.412 e. The molecule has 0 bridgehead atoms. The molecule has 0 saturated heterocycles. The molecule has 0 heterocycles. The second kappa shape index (κ2) is 67.9. The predicted molar refractivity (Wildman–Crippen MR) is 142 cm³/mol. The summed E-state index contributed by atoms with van der Waals surface area (Å²) in [6, 6.07) is 0. The zero-order valence-corrected chi connectivity index (χ0v) is 37.0. The van der Waals surface area contributed by atoms with Crippen LogP contribution in [-0.4, -0.2) is 104 Å². The monoisotopic (exact) mass is 802 g/mol. The van der Waals surface area contributed by atoms with Gasteiger partial charge in [0.2, 0.25) is 0 Å². The van der Waals surface area contributed by atoms with E-state index in [0.717, 1.165) is 0 Å². The third kappa shape index (κ3) is 176. The van der Waals surface area contributed by atoms with Crippen LogP contribution in [0.15, 0.2) is 72.9 Å². The molecule has 0 saturated carbocycles. The van der Waals surface area contributed by atoms with Crippen molar-refractivity contribution < 1.29 is 145 Å². The zero-order chi connectivity index (χ0) is 29.9. The van der Waals surface area contributed by atoms with Crippen LogP contribution < -0.4 is 0 Å². The van der Waals surface area contributed by atoms with Gasteiger partial charge in [0.05, 0.1) is 0 Å². The SMILES string of the molecule is C/C=C/C(O)O.C/C=C/C(O)O.C/C=C/C(O)O.C/C=C/C(O)O.C/C=C/C(O)O.C/C=C/C(O)O.O.[Zn].[Zn].[Zn].[Zn]. The summed E-state index contributed by atoms with van der Waals surface area (Å²) in [5.41, 5.74) is 0. The Bertz CT molecular complexity index is 430. The van der Waals surface area contributed by atoms with Crippen LogP contribution in [0.1, 0.15) is 41.5 Å². The molecule has 14 N–H and O–H groups in total. The standard InChI is InChI=1S/6C4H8O2.H2O.4Zn/c6*1-2-3-4(5)6;;;;;/h6*2-6H,1H3;1H2;;;;/b6*3-2+;;;;;. The van der Waals surface area contributed by atoms with E-state index in [-0.39, 0.29) is 83.4 Å². The molecule has 0 aromatic carbocycles. The van der Waals surface area contributed by atoms with Gasteiger partial charge < -0.3 is 66.8 Å². The molecule has 0 rings (SSSR count). The van der Waals surface area contributed by atoms with E-state index in [1.54, 1.807) is 78.0 Å². The molecule has 232 valence electrons. The van der Waals surface area contributed by atoms with Crippen LogP contribution in [0.5, 0.6) is 0 Å². The number of aliphatic hydroxyl groups excluding tert-OH is 6. The van der Waals surface area contributed by atoms with E-state index in [2.05, 4.69) is 0 Å². The summed E-state index contributed by atoms with van der Waals surface area (Å²) in [5.74, 6) is 0. The summed E-state index contributed by atoms with van der Waals surface area (Å²) in [5, 5.41) is 96.3. The topological polar surface area (TPSA) is 274 Å². The third-order valence-corrected chi connectivity index (χ3v) is 2.19. The Kier molecular flexibility index (Phi) is 121. The second-order valence-corrected chi connectivity index (χ2v) is 5.64. The summed E-state index contributed by atoms with van der Waals surface area (Å²) in [4.78, 5) is 0. The molecule has 41 heavy (non-hydrogen) atoms. The van der Waals surface area contributed by atoms with Crippen molar-refractivity contribution in [2.45, 2.75) is 79.3 Å². The molecule has 0 aliphatic heterocycles. The van der Waals surface area contributed by atoms with Crippen molar-refractivity contribution in [1.82, 2.24) is 0 Å². The van der Waals surface area contributed by atoms with Gasteiger partial charge in [-0.3, -0.25) is 0 Å². The molecular weight excluding hydrogens is 758 g/mol. The van der Waals surface area contributed by atoms with Crippen molar-refractivity contribution in [3.05, 3.63) is 72.9 Å². The van der Waals surface area contributed by atoms with Crippen molar-refractivity contribution in [3.63, 3.8) is 0 Å². The Labute approximate surface area is 295 Å². The van der Waals surface area contributed by atoms with Crippen LogP contribution in [-0.2, 0) is 77.9 Å². The Hall–Kier alpha value is 0.414. The van der Waals surface area contributed by atoms with Gasteiger partial charge in [0.15, 0.2) is 37.7 Å². The fourth-order valence-corrected chi connectivity index (χ4v) is 1.03. The minimum absolute atomic E-state index is 0. The molecule has 0 aliphatic carbocycles. The largest absolute Gasteiger partial charge is 0.412 e. The molecule has 0 unspecified atom stereocenters. The van der Waals surface area contributed by atoms with Crippen molar-refractivity contribution in [3.8, 4) is 0 Å². The predicted octanol–water partition coefficient (Wildman–Crippen LogP) is -1.60. The molecule has 0 atom stereocenters. The quantitative estimate of drug-likeness (QED) is 0.0823. The van der Waals surface area contributed by atoms with E-state index >= 15 is 0 Å². The second-order valence-electron chi connectivity index (χ2n) is 5.64. The maximum Gasteiger partial charge on any atom is 0.171 e. The first-order valence-corrected chi connectivity index (χ1v) is 10.6. The summed E-state index contributed by atoms with van der Waals surface area (Å²) in [7, 11) is 0. The van der Waals surface area contributed by atoms with Gasteiger partial charge in [-0.05, 0) is 78.0 Å². The Morgan fingerprint density at radius 1 is 0.268 bits per heavy atom. The summed E-state index contributed by atoms with van der Waals surface area (Å²) in [6.45, 7) is 10.3. The molecule has 17 heteroatoms. The smallest absolute Gasteiger partial charge is 0.171 e. The molecule has 13 nitrogen and oxygen atoms in total. The Balaban J connectivity index is -0.0000000286. The van der Waals surface area contributed by atoms with E-state index < -0.39 is 37.7 Å². The molecule has 0 spiro atoms. The summed E-state index contributed by atoms with van der Waals surface area (Å²) >= 11 is 0. The number of hydrogen-bond donors (Lipinski definition) is 12. The van der Waals surface area contributed by atoms with Crippen LogP contribution in [0.3, 0.4) is 0 Å². The van der Waals surface area contributed by atoms with E-state index in [1.807, 2.05) is 0 Å².